The lowest BCUT2D eigenvalue weighted by atomic mass is 9.89. The van der Waals surface area contributed by atoms with E-state index in [0.717, 1.165) is 13.0 Å². The zero-order valence-electron chi connectivity index (χ0n) is 13.2. The van der Waals surface area contributed by atoms with Crippen molar-refractivity contribution in [3.05, 3.63) is 24.0 Å². The standard InChI is InChI=1S/C16H24FN3O/c1-11(2)20(4)14-6-5-12(9-13(14)17)19-15(21)16(3)7-8-18-10-16/h5-6,9,11,18H,7-8,10H2,1-4H3,(H,19,21). The molecule has 1 aromatic carbocycles. The van der Waals surface area contributed by atoms with Crippen LogP contribution >= 0.6 is 0 Å². The summed E-state index contributed by atoms with van der Waals surface area (Å²) in [6.07, 6.45) is 0.801. The highest BCUT2D eigenvalue weighted by molar-refractivity contribution is 5.95. The molecule has 1 saturated heterocycles. The van der Waals surface area contributed by atoms with E-state index in [2.05, 4.69) is 10.6 Å². The van der Waals surface area contributed by atoms with Gasteiger partial charge in [0.05, 0.1) is 11.1 Å². The maximum absolute atomic E-state index is 14.2. The quantitative estimate of drug-likeness (QED) is 0.897. The summed E-state index contributed by atoms with van der Waals surface area (Å²) < 4.78 is 14.2. The van der Waals surface area contributed by atoms with E-state index in [-0.39, 0.29) is 17.8 Å². The van der Waals surface area contributed by atoms with E-state index >= 15 is 0 Å². The molecule has 1 aliphatic heterocycles. The molecule has 1 aromatic rings. The van der Waals surface area contributed by atoms with Gasteiger partial charge < -0.3 is 15.5 Å². The molecule has 1 atom stereocenters. The van der Waals surface area contributed by atoms with E-state index in [4.69, 9.17) is 0 Å². The second-order valence-electron chi connectivity index (χ2n) is 6.31. The van der Waals surface area contributed by atoms with Crippen LogP contribution in [-0.2, 0) is 4.79 Å². The number of hydrogen-bond donors (Lipinski definition) is 2. The number of anilines is 2. The molecule has 0 saturated carbocycles. The molecule has 4 nitrogen and oxygen atoms in total. The minimum atomic E-state index is -0.413. The lowest BCUT2D eigenvalue weighted by molar-refractivity contribution is -0.123. The minimum Gasteiger partial charge on any atom is -0.370 e. The number of nitrogens with zero attached hydrogens (tertiary/aromatic N) is 1. The first-order chi connectivity index (χ1) is 9.83. The Bertz CT molecular complexity index is 524. The summed E-state index contributed by atoms with van der Waals surface area (Å²) in [5, 5.41) is 6.01. The molecule has 116 valence electrons. The first-order valence-electron chi connectivity index (χ1n) is 7.38. The summed E-state index contributed by atoms with van der Waals surface area (Å²) in [7, 11) is 1.85. The molecule has 1 amide bonds. The number of hydrogen-bond acceptors (Lipinski definition) is 3. The Balaban J connectivity index is 2.12. The second-order valence-corrected chi connectivity index (χ2v) is 6.31. The number of amides is 1. The Morgan fingerprint density at radius 2 is 2.19 bits per heavy atom. The maximum atomic E-state index is 14.2. The molecule has 5 heteroatoms. The highest BCUT2D eigenvalue weighted by Gasteiger charge is 2.36. The molecule has 0 spiro atoms. The highest BCUT2D eigenvalue weighted by Crippen LogP contribution is 2.28. The summed E-state index contributed by atoms with van der Waals surface area (Å²) >= 11 is 0. The molecule has 21 heavy (non-hydrogen) atoms. The zero-order valence-corrected chi connectivity index (χ0v) is 13.2. The molecule has 0 radical (unpaired) electrons. The van der Waals surface area contributed by atoms with Crippen molar-refractivity contribution < 1.29 is 9.18 Å². The van der Waals surface area contributed by atoms with E-state index < -0.39 is 5.41 Å². The monoisotopic (exact) mass is 293 g/mol. The van der Waals surface area contributed by atoms with E-state index in [1.54, 1.807) is 12.1 Å². The van der Waals surface area contributed by atoms with Gasteiger partial charge in [0.1, 0.15) is 5.82 Å². The lowest BCUT2D eigenvalue weighted by Crippen LogP contribution is -2.35. The molecular weight excluding hydrogens is 269 g/mol. The molecule has 1 unspecified atom stereocenters. The SMILES string of the molecule is CC(C)N(C)c1ccc(NC(=O)C2(C)CCNC2)cc1F. The van der Waals surface area contributed by atoms with Crippen LogP contribution in [0.5, 0.6) is 0 Å². The Kier molecular flexibility index (Phi) is 4.52. The molecule has 1 heterocycles. The van der Waals surface area contributed by atoms with Crippen molar-refractivity contribution in [3.8, 4) is 0 Å². The molecule has 1 fully saturated rings. The predicted octanol–water partition coefficient (Wildman–Crippen LogP) is 2.61. The zero-order chi connectivity index (χ0) is 15.6. The van der Waals surface area contributed by atoms with Gasteiger partial charge >= 0.3 is 0 Å². The normalized spacial score (nSPS) is 21.6. The van der Waals surface area contributed by atoms with Crippen LogP contribution in [0.1, 0.15) is 27.2 Å². The number of carbonyl (C=O) groups excluding carboxylic acids is 1. The second kappa shape index (κ2) is 6.02. The number of rotatable bonds is 4. The Morgan fingerprint density at radius 1 is 1.48 bits per heavy atom. The van der Waals surface area contributed by atoms with Crippen molar-refractivity contribution >= 4 is 17.3 Å². The number of benzene rings is 1. The summed E-state index contributed by atoms with van der Waals surface area (Å²) in [4.78, 5) is 14.2. The van der Waals surface area contributed by atoms with Gasteiger partial charge in [-0.2, -0.15) is 0 Å². The van der Waals surface area contributed by atoms with Crippen molar-refractivity contribution in [3.63, 3.8) is 0 Å². The summed E-state index contributed by atoms with van der Waals surface area (Å²) in [6.45, 7) is 7.44. The van der Waals surface area contributed by atoms with Crippen LogP contribution < -0.4 is 15.5 Å². The third-order valence-electron chi connectivity index (χ3n) is 4.28. The summed E-state index contributed by atoms with van der Waals surface area (Å²) in [5.41, 5.74) is 0.632. The van der Waals surface area contributed by atoms with Crippen LogP contribution in [-0.4, -0.2) is 32.1 Å². The summed E-state index contributed by atoms with van der Waals surface area (Å²) in [6, 6.07) is 5.06. The van der Waals surface area contributed by atoms with Crippen molar-refractivity contribution in [2.45, 2.75) is 33.2 Å². The number of carbonyl (C=O) groups is 1. The van der Waals surface area contributed by atoms with Gasteiger partial charge in [-0.15, -0.1) is 0 Å². The van der Waals surface area contributed by atoms with Crippen molar-refractivity contribution in [2.75, 3.05) is 30.4 Å². The van der Waals surface area contributed by atoms with E-state index in [1.165, 1.54) is 6.07 Å². The molecule has 2 N–H and O–H groups in total. The van der Waals surface area contributed by atoms with Gasteiger partial charge in [-0.25, -0.2) is 4.39 Å². The topological polar surface area (TPSA) is 44.4 Å². The number of halogens is 1. The highest BCUT2D eigenvalue weighted by atomic mass is 19.1. The fourth-order valence-corrected chi connectivity index (χ4v) is 2.44. The first-order valence-corrected chi connectivity index (χ1v) is 7.38. The van der Waals surface area contributed by atoms with Crippen LogP contribution in [0.4, 0.5) is 15.8 Å². The molecule has 1 aliphatic rings. The molecule has 0 aliphatic carbocycles. The van der Waals surface area contributed by atoms with Gasteiger partial charge in [0.2, 0.25) is 5.91 Å². The van der Waals surface area contributed by atoms with Crippen molar-refractivity contribution in [2.24, 2.45) is 5.41 Å². The van der Waals surface area contributed by atoms with Gasteiger partial charge in [0.15, 0.2) is 0 Å². The van der Waals surface area contributed by atoms with Gasteiger partial charge in [-0.3, -0.25) is 4.79 Å². The first kappa shape index (κ1) is 15.8. The van der Waals surface area contributed by atoms with Crippen molar-refractivity contribution in [1.82, 2.24) is 5.32 Å². The average Bonchev–Trinajstić information content (AvgIpc) is 2.86. The number of nitrogens with one attached hydrogen (secondary N) is 2. The van der Waals surface area contributed by atoms with E-state index in [1.807, 2.05) is 32.7 Å². The fraction of sp³-hybridized carbons (Fsp3) is 0.562. The largest absolute Gasteiger partial charge is 0.370 e. The van der Waals surface area contributed by atoms with Gasteiger partial charge in [0, 0.05) is 25.3 Å². The van der Waals surface area contributed by atoms with Crippen LogP contribution in [0.3, 0.4) is 0 Å². The van der Waals surface area contributed by atoms with Crippen molar-refractivity contribution in [1.29, 1.82) is 0 Å². The van der Waals surface area contributed by atoms with Crippen LogP contribution in [0, 0.1) is 11.2 Å². The van der Waals surface area contributed by atoms with Crippen LogP contribution in [0.2, 0.25) is 0 Å². The van der Waals surface area contributed by atoms with Gasteiger partial charge in [-0.05, 0) is 51.9 Å². The van der Waals surface area contributed by atoms with Gasteiger partial charge in [0.25, 0.3) is 0 Å². The van der Waals surface area contributed by atoms with E-state index in [9.17, 15) is 9.18 Å². The predicted molar refractivity (Wildman–Crippen MR) is 84.2 cm³/mol. The average molecular weight is 293 g/mol. The third-order valence-corrected chi connectivity index (χ3v) is 4.28. The molecule has 0 bridgehead atoms. The van der Waals surface area contributed by atoms with Crippen LogP contribution in [0.15, 0.2) is 18.2 Å². The Labute approximate surface area is 125 Å². The van der Waals surface area contributed by atoms with Crippen LogP contribution in [0.25, 0.3) is 0 Å². The minimum absolute atomic E-state index is 0.0585. The summed E-state index contributed by atoms with van der Waals surface area (Å²) in [5.74, 6) is -0.379. The van der Waals surface area contributed by atoms with E-state index in [0.29, 0.717) is 17.9 Å². The Morgan fingerprint density at radius 3 is 2.71 bits per heavy atom. The maximum Gasteiger partial charge on any atom is 0.231 e. The molecular formula is C16H24FN3O. The molecule has 0 aromatic heterocycles. The third kappa shape index (κ3) is 3.35. The smallest absolute Gasteiger partial charge is 0.231 e. The van der Waals surface area contributed by atoms with Gasteiger partial charge in [-0.1, -0.05) is 0 Å². The molecule has 2 rings (SSSR count). The fourth-order valence-electron chi connectivity index (χ4n) is 2.44. The lowest BCUT2D eigenvalue weighted by Gasteiger charge is -2.25. The Hall–Kier alpha value is -1.62.